The van der Waals surface area contributed by atoms with Crippen molar-refractivity contribution in [2.24, 2.45) is 0 Å². The van der Waals surface area contributed by atoms with E-state index in [0.717, 1.165) is 24.2 Å². The predicted octanol–water partition coefficient (Wildman–Crippen LogP) is 4.23. The molecule has 14 heavy (non-hydrogen) atoms. The maximum atomic E-state index is 5.67. The average molecular weight is 194 g/mol. The Morgan fingerprint density at radius 1 is 1.50 bits per heavy atom. The maximum Gasteiger partial charge on any atom is 0.0954 e. The average Bonchev–Trinajstić information content (AvgIpc) is 2.03. The van der Waals surface area contributed by atoms with E-state index in [-0.39, 0.29) is 0 Å². The number of rotatable bonds is 6. The molecule has 0 aromatic heterocycles. The second kappa shape index (κ2) is 7.43. The van der Waals surface area contributed by atoms with Gasteiger partial charge in [-0.05, 0) is 38.8 Å². The van der Waals surface area contributed by atoms with Gasteiger partial charge in [0, 0.05) is 0 Å². The number of ether oxygens (including phenoxy) is 1. The summed E-state index contributed by atoms with van der Waals surface area (Å²) in [5.41, 5.74) is 0.980. The Labute approximate surface area is 88.2 Å². The lowest BCUT2D eigenvalue weighted by atomic mass is 10.2. The van der Waals surface area contributed by atoms with Crippen LogP contribution >= 0.6 is 0 Å². The SMILES string of the molecule is C=C(/C=C\C)/C=C(\C)O[C@H](C)CCC. The molecule has 0 aromatic rings. The molecule has 1 heteroatoms. The summed E-state index contributed by atoms with van der Waals surface area (Å²) in [5, 5.41) is 0. The summed E-state index contributed by atoms with van der Waals surface area (Å²) >= 11 is 0. The Morgan fingerprint density at radius 2 is 2.14 bits per heavy atom. The molecule has 0 spiro atoms. The van der Waals surface area contributed by atoms with Gasteiger partial charge in [-0.3, -0.25) is 0 Å². The van der Waals surface area contributed by atoms with Crippen LogP contribution in [0, 0.1) is 0 Å². The first-order valence-electron chi connectivity index (χ1n) is 5.26. The molecule has 0 radical (unpaired) electrons. The molecule has 0 aliphatic rings. The van der Waals surface area contributed by atoms with Crippen LogP contribution in [0.2, 0.25) is 0 Å². The highest BCUT2D eigenvalue weighted by Crippen LogP contribution is 2.09. The molecule has 0 saturated heterocycles. The van der Waals surface area contributed by atoms with Crippen molar-refractivity contribution in [1.82, 2.24) is 0 Å². The minimum atomic E-state index is 0.301. The van der Waals surface area contributed by atoms with Gasteiger partial charge in [0.15, 0.2) is 0 Å². The molecule has 80 valence electrons. The Hall–Kier alpha value is -0.980. The first-order chi connectivity index (χ1) is 6.60. The number of allylic oxidation sites excluding steroid dienone is 5. The summed E-state index contributed by atoms with van der Waals surface area (Å²) in [5.74, 6) is 0.939. The van der Waals surface area contributed by atoms with Crippen molar-refractivity contribution < 1.29 is 4.74 Å². The second-order valence-corrected chi connectivity index (χ2v) is 3.55. The molecule has 0 unspecified atom stereocenters. The fraction of sp³-hybridized carbons (Fsp3) is 0.538. The topological polar surface area (TPSA) is 9.23 Å². The largest absolute Gasteiger partial charge is 0.495 e. The van der Waals surface area contributed by atoms with E-state index in [4.69, 9.17) is 4.74 Å². The van der Waals surface area contributed by atoms with Gasteiger partial charge in [-0.2, -0.15) is 0 Å². The van der Waals surface area contributed by atoms with Gasteiger partial charge >= 0.3 is 0 Å². The smallest absolute Gasteiger partial charge is 0.0954 e. The highest BCUT2D eigenvalue weighted by molar-refractivity contribution is 5.28. The normalized spacial score (nSPS) is 14.4. The van der Waals surface area contributed by atoms with Crippen LogP contribution in [0.3, 0.4) is 0 Å². The minimum Gasteiger partial charge on any atom is -0.495 e. The second-order valence-electron chi connectivity index (χ2n) is 3.55. The Bertz CT molecular complexity index is 223. The van der Waals surface area contributed by atoms with Crippen molar-refractivity contribution in [2.45, 2.75) is 46.6 Å². The van der Waals surface area contributed by atoms with Crippen LogP contribution in [0.25, 0.3) is 0 Å². The van der Waals surface area contributed by atoms with Crippen LogP contribution in [0.15, 0.2) is 36.1 Å². The highest BCUT2D eigenvalue weighted by Gasteiger charge is 2.00. The maximum absolute atomic E-state index is 5.67. The van der Waals surface area contributed by atoms with E-state index in [2.05, 4.69) is 20.4 Å². The first-order valence-corrected chi connectivity index (χ1v) is 5.26. The summed E-state index contributed by atoms with van der Waals surface area (Å²) < 4.78 is 5.67. The zero-order valence-electron chi connectivity index (χ0n) is 9.84. The summed E-state index contributed by atoms with van der Waals surface area (Å²) in [7, 11) is 0. The van der Waals surface area contributed by atoms with Crippen molar-refractivity contribution in [1.29, 1.82) is 0 Å². The molecular weight excluding hydrogens is 172 g/mol. The van der Waals surface area contributed by atoms with E-state index in [1.807, 2.05) is 32.1 Å². The molecule has 0 aromatic carbocycles. The van der Waals surface area contributed by atoms with Crippen LogP contribution in [-0.4, -0.2) is 6.10 Å². The van der Waals surface area contributed by atoms with Crippen LogP contribution in [-0.2, 0) is 4.74 Å². The van der Waals surface area contributed by atoms with E-state index in [1.54, 1.807) is 0 Å². The monoisotopic (exact) mass is 194 g/mol. The standard InChI is InChI=1S/C13H22O/c1-6-8-11(3)10-13(5)14-12(4)9-7-2/h6,8,10,12H,3,7,9H2,1-2,4-5H3/b8-6-,13-10+/t12-/m1/s1. The van der Waals surface area contributed by atoms with Gasteiger partial charge in [-0.15, -0.1) is 0 Å². The van der Waals surface area contributed by atoms with Crippen molar-refractivity contribution in [3.05, 3.63) is 36.1 Å². The summed E-state index contributed by atoms with van der Waals surface area (Å²) in [6, 6.07) is 0. The van der Waals surface area contributed by atoms with Gasteiger partial charge in [0.1, 0.15) is 0 Å². The van der Waals surface area contributed by atoms with Gasteiger partial charge in [0.25, 0.3) is 0 Å². The highest BCUT2D eigenvalue weighted by atomic mass is 16.5. The zero-order valence-corrected chi connectivity index (χ0v) is 9.84. The van der Waals surface area contributed by atoms with E-state index >= 15 is 0 Å². The van der Waals surface area contributed by atoms with Crippen molar-refractivity contribution in [3.8, 4) is 0 Å². The molecule has 0 aliphatic heterocycles. The molecule has 0 amide bonds. The third kappa shape index (κ3) is 6.53. The molecule has 0 saturated carbocycles. The Morgan fingerprint density at radius 3 is 2.64 bits per heavy atom. The quantitative estimate of drug-likeness (QED) is 0.454. The molecular formula is C13H22O. The van der Waals surface area contributed by atoms with Crippen molar-refractivity contribution >= 4 is 0 Å². The third-order valence-corrected chi connectivity index (χ3v) is 1.85. The summed E-state index contributed by atoms with van der Waals surface area (Å²) in [4.78, 5) is 0. The van der Waals surface area contributed by atoms with Gasteiger partial charge in [-0.1, -0.05) is 32.1 Å². The minimum absolute atomic E-state index is 0.301. The lowest BCUT2D eigenvalue weighted by Crippen LogP contribution is -2.05. The van der Waals surface area contributed by atoms with E-state index < -0.39 is 0 Å². The van der Waals surface area contributed by atoms with Gasteiger partial charge in [0.2, 0.25) is 0 Å². The van der Waals surface area contributed by atoms with Gasteiger partial charge in [-0.25, -0.2) is 0 Å². The van der Waals surface area contributed by atoms with Crippen LogP contribution in [0.5, 0.6) is 0 Å². The summed E-state index contributed by atoms with van der Waals surface area (Å²) in [6.07, 6.45) is 8.46. The molecule has 0 aliphatic carbocycles. The van der Waals surface area contributed by atoms with Crippen LogP contribution in [0.1, 0.15) is 40.5 Å². The molecule has 0 rings (SSSR count). The Balaban J connectivity index is 4.05. The van der Waals surface area contributed by atoms with Gasteiger partial charge in [0.05, 0.1) is 11.9 Å². The molecule has 0 fully saturated rings. The molecule has 1 atom stereocenters. The van der Waals surface area contributed by atoms with Crippen LogP contribution in [0.4, 0.5) is 0 Å². The number of hydrogen-bond acceptors (Lipinski definition) is 1. The third-order valence-electron chi connectivity index (χ3n) is 1.85. The fourth-order valence-electron chi connectivity index (χ4n) is 1.34. The zero-order chi connectivity index (χ0) is 11.0. The fourth-order valence-corrected chi connectivity index (χ4v) is 1.34. The van der Waals surface area contributed by atoms with Crippen molar-refractivity contribution in [2.75, 3.05) is 0 Å². The number of hydrogen-bond donors (Lipinski definition) is 0. The van der Waals surface area contributed by atoms with Crippen LogP contribution < -0.4 is 0 Å². The predicted molar refractivity (Wildman–Crippen MR) is 63.2 cm³/mol. The molecule has 0 heterocycles. The summed E-state index contributed by atoms with van der Waals surface area (Å²) in [6.45, 7) is 12.1. The van der Waals surface area contributed by atoms with Crippen molar-refractivity contribution in [3.63, 3.8) is 0 Å². The molecule has 0 N–H and O–H groups in total. The lowest BCUT2D eigenvalue weighted by Gasteiger charge is -2.13. The van der Waals surface area contributed by atoms with E-state index in [0.29, 0.717) is 6.10 Å². The molecule has 0 bridgehead atoms. The van der Waals surface area contributed by atoms with E-state index in [1.165, 1.54) is 0 Å². The lowest BCUT2D eigenvalue weighted by molar-refractivity contribution is 0.124. The van der Waals surface area contributed by atoms with Gasteiger partial charge < -0.3 is 4.74 Å². The molecule has 1 nitrogen and oxygen atoms in total. The Kier molecular flexibility index (Phi) is 6.91. The van der Waals surface area contributed by atoms with E-state index in [9.17, 15) is 0 Å². The first kappa shape index (κ1) is 13.0.